The summed E-state index contributed by atoms with van der Waals surface area (Å²) in [6.45, 7) is 4.39. The van der Waals surface area contributed by atoms with E-state index in [1.165, 1.54) is 18.9 Å². The number of rotatable bonds is 3. The van der Waals surface area contributed by atoms with Crippen LogP contribution in [0.3, 0.4) is 0 Å². The summed E-state index contributed by atoms with van der Waals surface area (Å²) in [6.07, 6.45) is 2.37. The molecule has 49 valence electrons. The van der Waals surface area contributed by atoms with Crippen molar-refractivity contribution in [2.75, 3.05) is 14.1 Å². The minimum atomic E-state index is 1.18. The topological polar surface area (TPSA) is 3.24 Å². The van der Waals surface area contributed by atoms with E-state index >= 15 is 0 Å². The fourth-order valence-corrected chi connectivity index (χ4v) is 0.882. The zero-order valence-electron chi connectivity index (χ0n) is 6.36. The van der Waals surface area contributed by atoms with Gasteiger partial charge in [-0.2, -0.15) is 0 Å². The van der Waals surface area contributed by atoms with Crippen molar-refractivity contribution >= 4 is 0 Å². The zero-order chi connectivity index (χ0) is 6.57. The van der Waals surface area contributed by atoms with Crippen LogP contribution in [0, 0.1) is 6.04 Å². The van der Waals surface area contributed by atoms with E-state index in [9.17, 15) is 0 Å². The van der Waals surface area contributed by atoms with Crippen LogP contribution in [-0.2, 0) is 0 Å². The van der Waals surface area contributed by atoms with Crippen molar-refractivity contribution in [2.45, 2.75) is 26.7 Å². The highest BCUT2D eigenvalue weighted by Crippen LogP contribution is 2.11. The standard InChI is InChI=1S/C7H16N/c1-5-7(6-2)8(3)4/h5-6H2,1-4H3. The molecule has 0 rings (SSSR count). The molecule has 0 atom stereocenters. The van der Waals surface area contributed by atoms with Gasteiger partial charge in [0.1, 0.15) is 0 Å². The summed E-state index contributed by atoms with van der Waals surface area (Å²) in [7, 11) is 4.20. The Labute approximate surface area is 52.7 Å². The van der Waals surface area contributed by atoms with Crippen LogP contribution in [0.5, 0.6) is 0 Å². The lowest BCUT2D eigenvalue weighted by Gasteiger charge is -2.19. The Morgan fingerprint density at radius 2 is 1.50 bits per heavy atom. The van der Waals surface area contributed by atoms with Crippen LogP contribution >= 0.6 is 0 Å². The molecule has 0 N–H and O–H groups in total. The molecular weight excluding hydrogens is 98.1 g/mol. The van der Waals surface area contributed by atoms with Crippen LogP contribution in [0.2, 0.25) is 0 Å². The summed E-state index contributed by atoms with van der Waals surface area (Å²) in [5.41, 5.74) is 0. The molecule has 0 aromatic rings. The largest absolute Gasteiger partial charge is 0.302 e. The highest BCUT2D eigenvalue weighted by atomic mass is 15.1. The summed E-state index contributed by atoms with van der Waals surface area (Å²) in [5, 5.41) is 0. The molecule has 1 heteroatoms. The molecule has 0 spiro atoms. The fraction of sp³-hybridized carbons (Fsp3) is 0.857. The minimum Gasteiger partial charge on any atom is -0.302 e. The van der Waals surface area contributed by atoms with E-state index in [1.54, 1.807) is 0 Å². The molecule has 0 bridgehead atoms. The Hall–Kier alpha value is -0.0400. The van der Waals surface area contributed by atoms with E-state index in [1.807, 2.05) is 0 Å². The molecule has 8 heavy (non-hydrogen) atoms. The van der Waals surface area contributed by atoms with Gasteiger partial charge in [0.15, 0.2) is 0 Å². The summed E-state index contributed by atoms with van der Waals surface area (Å²) >= 11 is 0. The summed E-state index contributed by atoms with van der Waals surface area (Å²) < 4.78 is 0. The van der Waals surface area contributed by atoms with E-state index in [0.29, 0.717) is 0 Å². The van der Waals surface area contributed by atoms with Gasteiger partial charge < -0.3 is 4.90 Å². The van der Waals surface area contributed by atoms with Gasteiger partial charge in [0.2, 0.25) is 0 Å². The molecule has 0 aromatic carbocycles. The normalized spacial score (nSPS) is 11.2. The summed E-state index contributed by atoms with van der Waals surface area (Å²) in [5.74, 6) is 0. The molecule has 0 saturated heterocycles. The molecule has 1 nitrogen and oxygen atoms in total. The number of nitrogens with zero attached hydrogens (tertiary/aromatic N) is 1. The van der Waals surface area contributed by atoms with Gasteiger partial charge in [-0.1, -0.05) is 13.8 Å². The lowest BCUT2D eigenvalue weighted by molar-refractivity contribution is 0.386. The maximum absolute atomic E-state index is 2.19. The maximum Gasteiger partial charge on any atom is 0.0381 e. The lowest BCUT2D eigenvalue weighted by atomic mass is 10.1. The Balaban J connectivity index is 3.35. The van der Waals surface area contributed by atoms with Gasteiger partial charge in [0.05, 0.1) is 0 Å². The van der Waals surface area contributed by atoms with Crippen LogP contribution in [0.1, 0.15) is 26.7 Å². The first-order chi connectivity index (χ1) is 3.72. The molecule has 0 fully saturated rings. The van der Waals surface area contributed by atoms with Gasteiger partial charge in [0, 0.05) is 6.04 Å². The Morgan fingerprint density at radius 3 is 1.50 bits per heavy atom. The van der Waals surface area contributed by atoms with E-state index in [-0.39, 0.29) is 0 Å². The first-order valence-corrected chi connectivity index (χ1v) is 3.24. The predicted octanol–water partition coefficient (Wildman–Crippen LogP) is 1.90. The Morgan fingerprint density at radius 1 is 1.12 bits per heavy atom. The zero-order valence-corrected chi connectivity index (χ0v) is 6.36. The number of hydrogen-bond donors (Lipinski definition) is 0. The fourth-order valence-electron chi connectivity index (χ4n) is 0.882. The third-order valence-corrected chi connectivity index (χ3v) is 1.45. The van der Waals surface area contributed by atoms with Crippen molar-refractivity contribution < 1.29 is 0 Å². The molecule has 0 aliphatic heterocycles. The van der Waals surface area contributed by atoms with E-state index in [4.69, 9.17) is 0 Å². The van der Waals surface area contributed by atoms with Crippen molar-refractivity contribution in [3.8, 4) is 0 Å². The third kappa shape index (κ3) is 2.31. The molecule has 0 unspecified atom stereocenters. The molecule has 0 amide bonds. The average Bonchev–Trinajstić information content (AvgIpc) is 1.69. The second-order valence-corrected chi connectivity index (χ2v) is 2.17. The first kappa shape index (κ1) is 7.96. The average molecular weight is 114 g/mol. The summed E-state index contributed by atoms with van der Waals surface area (Å²) in [6, 6.07) is 1.52. The van der Waals surface area contributed by atoms with Gasteiger partial charge in [0.25, 0.3) is 0 Å². The second kappa shape index (κ2) is 3.90. The molecule has 0 aromatic heterocycles. The van der Waals surface area contributed by atoms with Crippen LogP contribution < -0.4 is 0 Å². The van der Waals surface area contributed by atoms with Crippen molar-refractivity contribution in [1.82, 2.24) is 4.90 Å². The monoisotopic (exact) mass is 114 g/mol. The van der Waals surface area contributed by atoms with Gasteiger partial charge in [-0.3, -0.25) is 0 Å². The number of hydrogen-bond acceptors (Lipinski definition) is 1. The molecule has 0 aliphatic rings. The van der Waals surface area contributed by atoms with Crippen molar-refractivity contribution in [1.29, 1.82) is 0 Å². The molecule has 0 aliphatic carbocycles. The molecule has 1 radical (unpaired) electrons. The SMILES string of the molecule is CC[C](CC)N(C)C. The van der Waals surface area contributed by atoms with Gasteiger partial charge in [-0.05, 0) is 26.9 Å². The quantitative estimate of drug-likeness (QED) is 0.541. The van der Waals surface area contributed by atoms with Crippen LogP contribution in [-0.4, -0.2) is 19.0 Å². The third-order valence-electron chi connectivity index (χ3n) is 1.45. The van der Waals surface area contributed by atoms with Crippen molar-refractivity contribution in [2.24, 2.45) is 0 Å². The van der Waals surface area contributed by atoms with Gasteiger partial charge in [-0.25, -0.2) is 0 Å². The van der Waals surface area contributed by atoms with E-state index in [2.05, 4.69) is 32.8 Å². The van der Waals surface area contributed by atoms with E-state index < -0.39 is 0 Å². The smallest absolute Gasteiger partial charge is 0.0381 e. The van der Waals surface area contributed by atoms with Gasteiger partial charge in [-0.15, -0.1) is 0 Å². The Bertz CT molecular complexity index is 46.3. The Kier molecular flexibility index (Phi) is 3.88. The maximum atomic E-state index is 2.19. The lowest BCUT2D eigenvalue weighted by Crippen LogP contribution is -2.17. The van der Waals surface area contributed by atoms with E-state index in [0.717, 1.165) is 0 Å². The highest BCUT2D eigenvalue weighted by molar-refractivity contribution is 4.81. The predicted molar refractivity (Wildman–Crippen MR) is 37.5 cm³/mol. The van der Waals surface area contributed by atoms with Gasteiger partial charge >= 0.3 is 0 Å². The van der Waals surface area contributed by atoms with Crippen LogP contribution in [0.15, 0.2) is 0 Å². The highest BCUT2D eigenvalue weighted by Gasteiger charge is 2.04. The van der Waals surface area contributed by atoms with Crippen LogP contribution in [0.25, 0.3) is 0 Å². The molecule has 0 heterocycles. The van der Waals surface area contributed by atoms with Crippen molar-refractivity contribution in [3.05, 3.63) is 6.04 Å². The first-order valence-electron chi connectivity index (χ1n) is 3.24. The minimum absolute atomic E-state index is 1.18. The second-order valence-electron chi connectivity index (χ2n) is 2.17. The van der Waals surface area contributed by atoms with Crippen molar-refractivity contribution in [3.63, 3.8) is 0 Å². The molecular formula is C7H16N. The summed E-state index contributed by atoms with van der Waals surface area (Å²) in [4.78, 5) is 2.19. The molecule has 0 saturated carbocycles. The van der Waals surface area contributed by atoms with Crippen LogP contribution in [0.4, 0.5) is 0 Å².